The zero-order valence-electron chi connectivity index (χ0n) is 21.1. The molecule has 2 aromatic carbocycles. The van der Waals surface area contributed by atoms with E-state index in [9.17, 15) is 9.59 Å². The predicted molar refractivity (Wildman–Crippen MR) is 143 cm³/mol. The molecule has 3 rings (SSSR count). The second kappa shape index (κ2) is 12.7. The Bertz CT molecular complexity index is 1210. The average Bonchev–Trinajstić information content (AvgIpc) is 3.31. The van der Waals surface area contributed by atoms with Gasteiger partial charge in [-0.05, 0) is 76.6 Å². The molecule has 0 aliphatic heterocycles. The highest BCUT2D eigenvalue weighted by atomic mass is 32.1. The van der Waals surface area contributed by atoms with E-state index >= 15 is 0 Å². The van der Waals surface area contributed by atoms with Crippen molar-refractivity contribution in [3.8, 4) is 17.2 Å². The van der Waals surface area contributed by atoms with Crippen LogP contribution in [0, 0.1) is 6.92 Å². The molecule has 0 aliphatic rings. The van der Waals surface area contributed by atoms with Crippen LogP contribution >= 0.6 is 11.3 Å². The van der Waals surface area contributed by atoms with Crippen LogP contribution < -0.4 is 25.0 Å². The first kappa shape index (κ1) is 26.7. The van der Waals surface area contributed by atoms with Crippen LogP contribution in [0.15, 0.2) is 53.6 Å². The maximum atomic E-state index is 12.9. The maximum absolute atomic E-state index is 12.9. The highest BCUT2D eigenvalue weighted by molar-refractivity contribution is 7.14. The lowest BCUT2D eigenvalue weighted by atomic mass is 10.1. The van der Waals surface area contributed by atoms with E-state index in [1.165, 1.54) is 11.3 Å². The van der Waals surface area contributed by atoms with Gasteiger partial charge in [0.05, 0.1) is 30.4 Å². The molecule has 0 saturated heterocycles. The van der Waals surface area contributed by atoms with Gasteiger partial charge in [0.15, 0.2) is 11.5 Å². The number of anilines is 1. The summed E-state index contributed by atoms with van der Waals surface area (Å²) in [5.74, 6) is 0.790. The number of benzene rings is 2. The van der Waals surface area contributed by atoms with Crippen LogP contribution in [0.2, 0.25) is 0 Å². The quantitative estimate of drug-likeness (QED) is 0.257. The standard InChI is InChI=1S/C27H31N3O5S/c1-6-33-22-15-20(16-23(34-7-2)25(22)35-8-3)26(31)30-29-18(5)19-10-12-21(13-11-19)28-27(32)24-14-9-17(4)36-24/h9-16H,6-8H2,1-5H3,(H,28,32)(H,30,31)/b29-18-. The number of nitrogens with zero attached hydrogens (tertiary/aromatic N) is 1. The van der Waals surface area contributed by atoms with Crippen LogP contribution in [0.3, 0.4) is 0 Å². The Morgan fingerprint density at radius 1 is 0.833 bits per heavy atom. The number of carbonyl (C=O) groups excluding carboxylic acids is 2. The van der Waals surface area contributed by atoms with Crippen molar-refractivity contribution in [3.63, 3.8) is 0 Å². The van der Waals surface area contributed by atoms with Gasteiger partial charge in [0, 0.05) is 16.1 Å². The first-order valence-electron chi connectivity index (χ1n) is 11.8. The van der Waals surface area contributed by atoms with Gasteiger partial charge in [0.2, 0.25) is 5.75 Å². The van der Waals surface area contributed by atoms with Gasteiger partial charge < -0.3 is 19.5 Å². The van der Waals surface area contributed by atoms with Gasteiger partial charge in [-0.15, -0.1) is 11.3 Å². The molecule has 190 valence electrons. The molecule has 0 aliphatic carbocycles. The third kappa shape index (κ3) is 6.85. The largest absolute Gasteiger partial charge is 0.490 e. The smallest absolute Gasteiger partial charge is 0.271 e. The molecule has 1 aromatic heterocycles. The number of carbonyl (C=O) groups is 2. The number of hydrogen-bond donors (Lipinski definition) is 2. The molecule has 0 radical (unpaired) electrons. The van der Waals surface area contributed by atoms with Gasteiger partial charge in [-0.25, -0.2) is 5.43 Å². The van der Waals surface area contributed by atoms with Crippen molar-refractivity contribution in [1.29, 1.82) is 0 Å². The monoisotopic (exact) mass is 509 g/mol. The van der Waals surface area contributed by atoms with E-state index in [4.69, 9.17) is 14.2 Å². The molecule has 0 bridgehead atoms. The summed E-state index contributed by atoms with van der Waals surface area (Å²) < 4.78 is 17.0. The summed E-state index contributed by atoms with van der Waals surface area (Å²) in [6.45, 7) is 10.6. The van der Waals surface area contributed by atoms with Crippen molar-refractivity contribution in [2.24, 2.45) is 5.10 Å². The van der Waals surface area contributed by atoms with Crippen molar-refractivity contribution in [1.82, 2.24) is 5.43 Å². The summed E-state index contributed by atoms with van der Waals surface area (Å²) in [4.78, 5) is 26.9. The number of hydrazone groups is 1. The minimum atomic E-state index is -0.408. The van der Waals surface area contributed by atoms with Crippen LogP contribution in [0.5, 0.6) is 17.2 Å². The van der Waals surface area contributed by atoms with Crippen LogP contribution in [0.4, 0.5) is 5.69 Å². The maximum Gasteiger partial charge on any atom is 0.271 e. The second-order valence-electron chi connectivity index (χ2n) is 7.68. The third-order valence-electron chi connectivity index (χ3n) is 5.02. The van der Waals surface area contributed by atoms with Crippen LogP contribution in [-0.4, -0.2) is 37.3 Å². The summed E-state index contributed by atoms with van der Waals surface area (Å²) in [7, 11) is 0. The number of ether oxygens (including phenoxy) is 3. The number of amides is 2. The number of nitrogens with one attached hydrogen (secondary N) is 2. The summed E-state index contributed by atoms with van der Waals surface area (Å²) in [5, 5.41) is 7.12. The van der Waals surface area contributed by atoms with Crippen molar-refractivity contribution in [3.05, 3.63) is 69.4 Å². The number of aryl methyl sites for hydroxylation is 1. The zero-order chi connectivity index (χ0) is 26.1. The van der Waals surface area contributed by atoms with Gasteiger partial charge >= 0.3 is 0 Å². The van der Waals surface area contributed by atoms with Crippen molar-refractivity contribution < 1.29 is 23.8 Å². The fraction of sp³-hybridized carbons (Fsp3) is 0.296. The zero-order valence-corrected chi connectivity index (χ0v) is 22.0. The van der Waals surface area contributed by atoms with E-state index in [0.29, 0.717) is 58.9 Å². The molecular weight excluding hydrogens is 478 g/mol. The lowest BCUT2D eigenvalue weighted by molar-refractivity contribution is 0.0953. The molecule has 0 saturated carbocycles. The van der Waals surface area contributed by atoms with Gasteiger partial charge in [-0.3, -0.25) is 9.59 Å². The van der Waals surface area contributed by atoms with Gasteiger partial charge in [-0.1, -0.05) is 12.1 Å². The Morgan fingerprint density at radius 2 is 1.44 bits per heavy atom. The van der Waals surface area contributed by atoms with Crippen LogP contribution in [0.1, 0.15) is 58.2 Å². The Morgan fingerprint density at radius 3 is 1.97 bits per heavy atom. The minimum Gasteiger partial charge on any atom is -0.490 e. The molecule has 0 atom stereocenters. The number of hydrogen-bond acceptors (Lipinski definition) is 7. The number of thiophene rings is 1. The third-order valence-corrected chi connectivity index (χ3v) is 6.02. The highest BCUT2D eigenvalue weighted by Gasteiger charge is 2.18. The molecule has 0 spiro atoms. The molecule has 0 fully saturated rings. The Hall–Kier alpha value is -3.85. The normalized spacial score (nSPS) is 11.1. The molecule has 8 nitrogen and oxygen atoms in total. The van der Waals surface area contributed by atoms with Crippen molar-refractivity contribution >= 4 is 34.6 Å². The molecule has 0 unspecified atom stereocenters. The van der Waals surface area contributed by atoms with Gasteiger partial charge in [0.25, 0.3) is 11.8 Å². The summed E-state index contributed by atoms with van der Waals surface area (Å²) in [5.41, 5.74) is 5.01. The fourth-order valence-corrected chi connectivity index (χ4v) is 4.09. The van der Waals surface area contributed by atoms with Crippen molar-refractivity contribution in [2.45, 2.75) is 34.6 Å². The highest BCUT2D eigenvalue weighted by Crippen LogP contribution is 2.39. The minimum absolute atomic E-state index is 0.147. The average molecular weight is 510 g/mol. The van der Waals surface area contributed by atoms with Crippen molar-refractivity contribution in [2.75, 3.05) is 25.1 Å². The number of rotatable bonds is 11. The SMILES string of the molecule is CCOc1cc(C(=O)N/N=C(/C)c2ccc(NC(=O)c3ccc(C)s3)cc2)cc(OCC)c1OCC. The molecule has 1 heterocycles. The topological polar surface area (TPSA) is 98.2 Å². The molecule has 3 aromatic rings. The van der Waals surface area contributed by atoms with Crippen LogP contribution in [0.25, 0.3) is 0 Å². The van der Waals surface area contributed by atoms with E-state index in [2.05, 4.69) is 15.8 Å². The Balaban J connectivity index is 1.71. The lowest BCUT2D eigenvalue weighted by Gasteiger charge is -2.16. The Labute approximate surface area is 215 Å². The molecule has 9 heteroatoms. The summed E-state index contributed by atoms with van der Waals surface area (Å²) in [6, 6.07) is 14.2. The van der Waals surface area contributed by atoms with Crippen LogP contribution in [-0.2, 0) is 0 Å². The molecule has 2 N–H and O–H groups in total. The molecule has 36 heavy (non-hydrogen) atoms. The van der Waals surface area contributed by atoms with E-state index in [1.807, 2.05) is 52.0 Å². The second-order valence-corrected chi connectivity index (χ2v) is 8.97. The molecular formula is C27H31N3O5S. The van der Waals surface area contributed by atoms with E-state index in [-0.39, 0.29) is 5.91 Å². The van der Waals surface area contributed by atoms with Gasteiger partial charge in [0.1, 0.15) is 0 Å². The first-order valence-corrected chi connectivity index (χ1v) is 12.6. The summed E-state index contributed by atoms with van der Waals surface area (Å²) in [6.07, 6.45) is 0. The van der Waals surface area contributed by atoms with E-state index in [1.54, 1.807) is 31.2 Å². The van der Waals surface area contributed by atoms with E-state index in [0.717, 1.165) is 10.4 Å². The lowest BCUT2D eigenvalue weighted by Crippen LogP contribution is -2.20. The van der Waals surface area contributed by atoms with E-state index < -0.39 is 5.91 Å². The van der Waals surface area contributed by atoms with Gasteiger partial charge in [-0.2, -0.15) is 5.10 Å². The molecule has 2 amide bonds. The summed E-state index contributed by atoms with van der Waals surface area (Å²) >= 11 is 1.45. The first-order chi connectivity index (χ1) is 17.4. The predicted octanol–water partition coefficient (Wildman–Crippen LogP) is 5.66. The fourth-order valence-electron chi connectivity index (χ4n) is 3.33. The Kier molecular flexibility index (Phi) is 9.46.